The van der Waals surface area contributed by atoms with Crippen LogP contribution in [0, 0.1) is 0 Å². The van der Waals surface area contributed by atoms with Gasteiger partial charge in [-0.2, -0.15) is 0 Å². The second-order valence-electron chi connectivity index (χ2n) is 10.0. The SMILES string of the molecule is Clc1cccc2c3nc4nc(nc5[nH]c(nc6nc(nc([nH]3)c12)-c1ccccc1-6)c1ccccc51)-c1ccccc1-4.[Br][Zn][Br]. The van der Waals surface area contributed by atoms with Crippen LogP contribution in [0.5, 0.6) is 0 Å². The fourth-order valence-electron chi connectivity index (χ4n) is 5.65. The van der Waals surface area contributed by atoms with E-state index < -0.39 is 0 Å². The van der Waals surface area contributed by atoms with E-state index in [2.05, 4.69) is 37.2 Å². The first-order chi connectivity index (χ1) is 21.6. The van der Waals surface area contributed by atoms with Crippen molar-refractivity contribution in [3.8, 4) is 45.6 Å². The van der Waals surface area contributed by atoms with E-state index in [0.29, 0.717) is 50.9 Å². The minimum atomic E-state index is -0.250. The number of hydrogen-bond acceptors (Lipinski definition) is 6. The molecule has 8 nitrogen and oxygen atoms in total. The zero-order valence-corrected chi connectivity index (χ0v) is 29.6. The van der Waals surface area contributed by atoms with E-state index in [1.165, 1.54) is 0 Å². The van der Waals surface area contributed by atoms with E-state index >= 15 is 0 Å². The molecule has 0 saturated heterocycles. The molecule has 44 heavy (non-hydrogen) atoms. The molecular weight excluding hydrogens is 757 g/mol. The number of halogens is 3. The van der Waals surface area contributed by atoms with Crippen molar-refractivity contribution in [3.05, 3.63) is 96.0 Å². The van der Waals surface area contributed by atoms with E-state index in [9.17, 15) is 0 Å². The summed E-state index contributed by atoms with van der Waals surface area (Å²) in [5.41, 5.74) is 6.09. The molecule has 2 N–H and O–H groups in total. The summed E-state index contributed by atoms with van der Waals surface area (Å²) in [5, 5.41) is 4.05. The Morgan fingerprint density at radius 2 is 0.818 bits per heavy atom. The van der Waals surface area contributed by atoms with Crippen molar-refractivity contribution in [2.75, 3.05) is 0 Å². The Labute approximate surface area is 275 Å². The van der Waals surface area contributed by atoms with Crippen LogP contribution in [-0.4, -0.2) is 39.9 Å². The van der Waals surface area contributed by atoms with Crippen LogP contribution in [0.3, 0.4) is 0 Å². The van der Waals surface area contributed by atoms with Gasteiger partial charge in [0.05, 0.1) is 5.02 Å². The van der Waals surface area contributed by atoms with Gasteiger partial charge in [-0.3, -0.25) is 0 Å². The van der Waals surface area contributed by atoms with Gasteiger partial charge in [0.25, 0.3) is 0 Å². The van der Waals surface area contributed by atoms with Crippen molar-refractivity contribution in [2.45, 2.75) is 0 Å². The van der Waals surface area contributed by atoms with Crippen LogP contribution in [0.25, 0.3) is 89.7 Å². The summed E-state index contributed by atoms with van der Waals surface area (Å²) in [7, 11) is 0. The van der Waals surface area contributed by atoms with Crippen molar-refractivity contribution in [2.24, 2.45) is 0 Å². The number of aromatic amines is 2. The number of nitrogens with one attached hydrogen (secondary N) is 2. The van der Waals surface area contributed by atoms with Crippen LogP contribution in [0.4, 0.5) is 0 Å². The van der Waals surface area contributed by atoms with Gasteiger partial charge in [-0.05, 0) is 6.07 Å². The summed E-state index contributed by atoms with van der Waals surface area (Å²) < 4.78 is 0. The number of rotatable bonds is 0. The van der Waals surface area contributed by atoms with Crippen LogP contribution in [0.1, 0.15) is 0 Å². The molecule has 0 fully saturated rings. The van der Waals surface area contributed by atoms with Gasteiger partial charge in [0.2, 0.25) is 0 Å². The van der Waals surface area contributed by atoms with Crippen LogP contribution < -0.4 is 0 Å². The predicted molar refractivity (Wildman–Crippen MR) is 179 cm³/mol. The molecular formula is C32H17Br2ClN8Zn. The first kappa shape index (κ1) is 27.6. The third-order valence-corrected chi connectivity index (χ3v) is 7.84. The van der Waals surface area contributed by atoms with Crippen molar-refractivity contribution in [1.82, 2.24) is 39.9 Å². The number of H-pyrrole nitrogens is 2. The molecule has 9 rings (SSSR count). The first-order valence-corrected chi connectivity index (χ1v) is 27.9. The Hall–Kier alpha value is -3.89. The number of aromatic nitrogens is 8. The van der Waals surface area contributed by atoms with E-state index in [1.54, 1.807) is 0 Å². The Bertz CT molecular complexity index is 2440. The molecule has 4 aromatic carbocycles. The second-order valence-corrected chi connectivity index (χ2v) is 24.5. The zero-order valence-electron chi connectivity index (χ0n) is 22.7. The Morgan fingerprint density at radius 1 is 0.455 bits per heavy atom. The summed E-state index contributed by atoms with van der Waals surface area (Å²) in [6, 6.07) is 29.7. The Balaban J connectivity index is 0.000000928. The van der Waals surface area contributed by atoms with Gasteiger partial charge >= 0.3 is 40.5 Å². The van der Waals surface area contributed by atoms with E-state index in [4.69, 9.17) is 41.5 Å². The van der Waals surface area contributed by atoms with E-state index in [1.807, 2.05) is 91.0 Å². The molecule has 7 aromatic rings. The number of benzene rings is 4. The molecule has 3 aromatic heterocycles. The van der Waals surface area contributed by atoms with Gasteiger partial charge in [0, 0.05) is 43.8 Å². The maximum atomic E-state index is 6.73. The van der Waals surface area contributed by atoms with Crippen molar-refractivity contribution >= 4 is 83.0 Å². The molecule has 0 saturated carbocycles. The fourth-order valence-corrected chi connectivity index (χ4v) is 5.91. The van der Waals surface area contributed by atoms with E-state index in [0.717, 1.165) is 43.8 Å². The number of nitrogens with zero attached hydrogens (tertiary/aromatic N) is 6. The van der Waals surface area contributed by atoms with Gasteiger partial charge in [-0.1, -0.05) is 96.5 Å². The van der Waals surface area contributed by atoms with Crippen LogP contribution >= 0.6 is 38.8 Å². The molecule has 5 heterocycles. The first-order valence-electron chi connectivity index (χ1n) is 13.6. The minimum absolute atomic E-state index is 0.250. The molecule has 0 atom stereocenters. The Morgan fingerprint density at radius 3 is 1.30 bits per heavy atom. The molecule has 0 spiro atoms. The standard InChI is InChI=1S/C32H17ClN8.2BrH.Zn/c33-23-15-7-14-22-24(23)32-40-30-21-13-6-5-12-20(21)28(38-30)36-26-17-9-2-1-8-16(17)25(34-26)35-27-18-10-3-4-11-19(18)29(37-27)39-31(22)41-32;;;/h1-15H,(H2,34,35,36,37,38,39,40,41);2*1H;/q;;;+2/p-2. The average molecular weight is 774 g/mol. The monoisotopic (exact) mass is 770 g/mol. The summed E-state index contributed by atoms with van der Waals surface area (Å²) in [6.45, 7) is 0. The third kappa shape index (κ3) is 4.58. The molecule has 2 aliphatic heterocycles. The molecule has 8 bridgehead atoms. The average Bonchev–Trinajstić information content (AvgIpc) is 3.77. The summed E-state index contributed by atoms with van der Waals surface area (Å²) >= 11 is 13.0. The van der Waals surface area contributed by atoms with Crippen molar-refractivity contribution < 1.29 is 13.2 Å². The van der Waals surface area contributed by atoms with Crippen LogP contribution in [0.15, 0.2) is 91.0 Å². The normalized spacial score (nSPS) is 11.4. The van der Waals surface area contributed by atoms with Gasteiger partial charge in [-0.15, -0.1) is 0 Å². The number of fused-ring (bicyclic) bond motifs is 20. The molecule has 208 valence electrons. The van der Waals surface area contributed by atoms with Crippen LogP contribution in [0.2, 0.25) is 5.02 Å². The third-order valence-electron chi connectivity index (χ3n) is 7.53. The van der Waals surface area contributed by atoms with Crippen molar-refractivity contribution in [1.29, 1.82) is 0 Å². The summed E-state index contributed by atoms with van der Waals surface area (Å²) in [4.78, 5) is 36.6. The summed E-state index contributed by atoms with van der Waals surface area (Å²) in [5.74, 6) is 2.24. The van der Waals surface area contributed by atoms with Gasteiger partial charge in [0.1, 0.15) is 22.6 Å². The molecule has 0 radical (unpaired) electrons. The fraction of sp³-hybridized carbons (Fsp3) is 0. The molecule has 2 aliphatic rings. The maximum absolute atomic E-state index is 6.73. The van der Waals surface area contributed by atoms with Gasteiger partial charge in [-0.25, -0.2) is 29.9 Å². The topological polar surface area (TPSA) is 109 Å². The number of hydrogen-bond donors (Lipinski definition) is 2. The predicted octanol–water partition coefficient (Wildman–Crippen LogP) is 9.21. The van der Waals surface area contributed by atoms with Gasteiger partial charge in [0.15, 0.2) is 23.3 Å². The Kier molecular flexibility index (Phi) is 7.06. The quantitative estimate of drug-likeness (QED) is 0.149. The zero-order chi connectivity index (χ0) is 29.8. The molecule has 0 amide bonds. The summed E-state index contributed by atoms with van der Waals surface area (Å²) in [6.07, 6.45) is 0. The van der Waals surface area contributed by atoms with Crippen molar-refractivity contribution in [3.63, 3.8) is 0 Å². The second kappa shape index (κ2) is 11.2. The molecule has 0 aliphatic carbocycles. The van der Waals surface area contributed by atoms with Crippen LogP contribution in [-0.2, 0) is 13.2 Å². The molecule has 0 unspecified atom stereocenters. The van der Waals surface area contributed by atoms with Gasteiger partial charge < -0.3 is 9.97 Å². The molecule has 12 heteroatoms. The van der Waals surface area contributed by atoms with E-state index in [-0.39, 0.29) is 13.2 Å².